The SMILES string of the molecule is CCO[C@@H]1CCN(Cc2ccccn2)[C@@H]1Cc1ccncc1. The van der Waals surface area contributed by atoms with E-state index in [9.17, 15) is 0 Å². The van der Waals surface area contributed by atoms with Gasteiger partial charge in [-0.2, -0.15) is 0 Å². The second kappa shape index (κ2) is 7.47. The second-order valence-electron chi connectivity index (χ2n) is 5.70. The van der Waals surface area contributed by atoms with Crippen LogP contribution in [-0.2, 0) is 17.7 Å². The molecule has 3 heterocycles. The first-order valence-electron chi connectivity index (χ1n) is 8.01. The van der Waals surface area contributed by atoms with Gasteiger partial charge in [0.15, 0.2) is 0 Å². The van der Waals surface area contributed by atoms with Gasteiger partial charge in [0.05, 0.1) is 11.8 Å². The third-order valence-electron chi connectivity index (χ3n) is 4.27. The Morgan fingerprint density at radius 1 is 1.18 bits per heavy atom. The van der Waals surface area contributed by atoms with E-state index in [0.29, 0.717) is 12.1 Å². The zero-order valence-corrected chi connectivity index (χ0v) is 13.1. The Bertz CT molecular complexity index is 561. The molecule has 22 heavy (non-hydrogen) atoms. The van der Waals surface area contributed by atoms with Gasteiger partial charge in [-0.1, -0.05) is 6.07 Å². The smallest absolute Gasteiger partial charge is 0.0745 e. The van der Waals surface area contributed by atoms with Crippen LogP contribution < -0.4 is 0 Å². The number of pyridine rings is 2. The first-order valence-corrected chi connectivity index (χ1v) is 8.01. The van der Waals surface area contributed by atoms with E-state index >= 15 is 0 Å². The van der Waals surface area contributed by atoms with Gasteiger partial charge in [0.1, 0.15) is 0 Å². The molecule has 2 atom stereocenters. The van der Waals surface area contributed by atoms with Crippen molar-refractivity contribution in [3.63, 3.8) is 0 Å². The molecule has 0 aromatic carbocycles. The molecule has 0 aliphatic carbocycles. The monoisotopic (exact) mass is 297 g/mol. The van der Waals surface area contributed by atoms with Crippen LogP contribution in [0.25, 0.3) is 0 Å². The normalized spacial score (nSPS) is 22.0. The number of hydrogen-bond donors (Lipinski definition) is 0. The lowest BCUT2D eigenvalue weighted by Crippen LogP contribution is -2.38. The van der Waals surface area contributed by atoms with Crippen molar-refractivity contribution in [3.05, 3.63) is 60.2 Å². The van der Waals surface area contributed by atoms with Crippen LogP contribution in [0.15, 0.2) is 48.9 Å². The zero-order valence-electron chi connectivity index (χ0n) is 13.1. The molecular formula is C18H23N3O. The Labute approximate surface area is 132 Å². The largest absolute Gasteiger partial charge is 0.377 e. The summed E-state index contributed by atoms with van der Waals surface area (Å²) in [6.45, 7) is 4.80. The number of likely N-dealkylation sites (tertiary alicyclic amines) is 1. The molecule has 1 aliphatic heterocycles. The molecule has 0 N–H and O–H groups in total. The molecule has 0 amide bonds. The summed E-state index contributed by atoms with van der Waals surface area (Å²) in [5.41, 5.74) is 2.44. The fraction of sp³-hybridized carbons (Fsp3) is 0.444. The second-order valence-corrected chi connectivity index (χ2v) is 5.70. The third kappa shape index (κ3) is 3.70. The Balaban J connectivity index is 1.73. The first kappa shape index (κ1) is 15.1. The number of aromatic nitrogens is 2. The Hall–Kier alpha value is -1.78. The number of nitrogens with zero attached hydrogens (tertiary/aromatic N) is 3. The number of hydrogen-bond acceptors (Lipinski definition) is 4. The lowest BCUT2D eigenvalue weighted by atomic mass is 10.0. The minimum absolute atomic E-state index is 0.307. The van der Waals surface area contributed by atoms with Crippen LogP contribution in [0.4, 0.5) is 0 Å². The van der Waals surface area contributed by atoms with E-state index in [0.717, 1.165) is 38.2 Å². The molecular weight excluding hydrogens is 274 g/mol. The molecule has 0 saturated carbocycles. The van der Waals surface area contributed by atoms with Gasteiger partial charge in [0.25, 0.3) is 0 Å². The predicted octanol–water partition coefficient (Wildman–Crippen LogP) is 2.70. The summed E-state index contributed by atoms with van der Waals surface area (Å²) in [4.78, 5) is 11.1. The van der Waals surface area contributed by atoms with Crippen molar-refractivity contribution in [2.24, 2.45) is 0 Å². The zero-order chi connectivity index (χ0) is 15.2. The molecule has 4 heteroatoms. The summed E-state index contributed by atoms with van der Waals surface area (Å²) in [5.74, 6) is 0. The molecule has 2 aromatic rings. The van der Waals surface area contributed by atoms with Crippen LogP contribution in [0, 0.1) is 0 Å². The van der Waals surface area contributed by atoms with Crippen molar-refractivity contribution < 1.29 is 4.74 Å². The van der Waals surface area contributed by atoms with Crippen LogP contribution >= 0.6 is 0 Å². The van der Waals surface area contributed by atoms with Gasteiger partial charge >= 0.3 is 0 Å². The van der Waals surface area contributed by atoms with Gasteiger partial charge in [-0.3, -0.25) is 14.9 Å². The van der Waals surface area contributed by atoms with E-state index in [1.807, 2.05) is 24.7 Å². The number of rotatable bonds is 6. The van der Waals surface area contributed by atoms with Gasteiger partial charge in [-0.25, -0.2) is 0 Å². The van der Waals surface area contributed by atoms with Crippen LogP contribution in [0.2, 0.25) is 0 Å². The molecule has 0 unspecified atom stereocenters. The van der Waals surface area contributed by atoms with Crippen LogP contribution in [0.1, 0.15) is 24.6 Å². The molecule has 1 saturated heterocycles. The Morgan fingerprint density at radius 2 is 2.05 bits per heavy atom. The average molecular weight is 297 g/mol. The molecule has 4 nitrogen and oxygen atoms in total. The van der Waals surface area contributed by atoms with Gasteiger partial charge in [-0.15, -0.1) is 0 Å². The standard InChI is InChI=1S/C18H23N3O/c1-2-22-18-8-12-21(14-16-5-3-4-9-20-16)17(18)13-15-6-10-19-11-7-15/h3-7,9-11,17-18H,2,8,12-14H2,1H3/t17-,18-/m1/s1. The van der Waals surface area contributed by atoms with Crippen LogP contribution in [0.5, 0.6) is 0 Å². The highest BCUT2D eigenvalue weighted by Crippen LogP contribution is 2.25. The van der Waals surface area contributed by atoms with E-state index in [1.54, 1.807) is 0 Å². The maximum atomic E-state index is 5.98. The fourth-order valence-electron chi connectivity index (χ4n) is 3.21. The minimum atomic E-state index is 0.307. The predicted molar refractivity (Wildman–Crippen MR) is 86.4 cm³/mol. The molecule has 3 rings (SSSR count). The van der Waals surface area contributed by atoms with E-state index in [1.165, 1.54) is 5.56 Å². The number of ether oxygens (including phenoxy) is 1. The molecule has 0 radical (unpaired) electrons. The van der Waals surface area contributed by atoms with Gasteiger partial charge in [-0.05, 0) is 49.6 Å². The van der Waals surface area contributed by atoms with E-state index < -0.39 is 0 Å². The van der Waals surface area contributed by atoms with Crippen LogP contribution in [0.3, 0.4) is 0 Å². The third-order valence-corrected chi connectivity index (χ3v) is 4.27. The van der Waals surface area contributed by atoms with E-state index in [2.05, 4.69) is 46.1 Å². The van der Waals surface area contributed by atoms with Gasteiger partial charge in [0, 0.05) is 44.3 Å². The van der Waals surface area contributed by atoms with Gasteiger partial charge < -0.3 is 4.74 Å². The highest BCUT2D eigenvalue weighted by atomic mass is 16.5. The van der Waals surface area contributed by atoms with Crippen LogP contribution in [-0.4, -0.2) is 40.2 Å². The lowest BCUT2D eigenvalue weighted by molar-refractivity contribution is 0.0329. The highest BCUT2D eigenvalue weighted by Gasteiger charge is 2.34. The fourth-order valence-corrected chi connectivity index (χ4v) is 3.21. The summed E-state index contributed by atoms with van der Waals surface area (Å²) in [7, 11) is 0. The maximum absolute atomic E-state index is 5.98. The molecule has 0 bridgehead atoms. The van der Waals surface area contributed by atoms with Crippen molar-refractivity contribution in [1.29, 1.82) is 0 Å². The lowest BCUT2D eigenvalue weighted by Gasteiger charge is -2.28. The van der Waals surface area contributed by atoms with E-state index in [-0.39, 0.29) is 0 Å². The summed E-state index contributed by atoms with van der Waals surface area (Å²) in [6.07, 6.45) is 7.99. The van der Waals surface area contributed by atoms with Crippen molar-refractivity contribution in [3.8, 4) is 0 Å². The Kier molecular flexibility index (Phi) is 5.14. The van der Waals surface area contributed by atoms with E-state index in [4.69, 9.17) is 4.74 Å². The summed E-state index contributed by atoms with van der Waals surface area (Å²) in [5, 5.41) is 0. The molecule has 116 valence electrons. The quantitative estimate of drug-likeness (QED) is 0.821. The molecule has 1 fully saturated rings. The minimum Gasteiger partial charge on any atom is -0.377 e. The molecule has 2 aromatic heterocycles. The average Bonchev–Trinajstić information content (AvgIpc) is 2.92. The molecule has 1 aliphatic rings. The van der Waals surface area contributed by atoms with Crippen molar-refractivity contribution in [1.82, 2.24) is 14.9 Å². The van der Waals surface area contributed by atoms with Crippen molar-refractivity contribution in [2.75, 3.05) is 13.2 Å². The van der Waals surface area contributed by atoms with Gasteiger partial charge in [0.2, 0.25) is 0 Å². The highest BCUT2D eigenvalue weighted by molar-refractivity contribution is 5.13. The summed E-state index contributed by atoms with van der Waals surface area (Å²) in [6, 6.07) is 10.7. The van der Waals surface area contributed by atoms with Crippen molar-refractivity contribution in [2.45, 2.75) is 38.5 Å². The maximum Gasteiger partial charge on any atom is 0.0745 e. The summed E-state index contributed by atoms with van der Waals surface area (Å²) >= 11 is 0. The topological polar surface area (TPSA) is 38.2 Å². The summed E-state index contributed by atoms with van der Waals surface area (Å²) < 4.78 is 5.98. The first-order chi connectivity index (χ1) is 10.9. The van der Waals surface area contributed by atoms with Crippen molar-refractivity contribution >= 4 is 0 Å². The molecule has 0 spiro atoms. The Morgan fingerprint density at radius 3 is 2.77 bits per heavy atom.